The molecule has 0 aromatic carbocycles. The number of hydrogen-bond donors (Lipinski definition) is 1. The van der Waals surface area contributed by atoms with Gasteiger partial charge in [0.05, 0.1) is 5.41 Å². The standard InChI is InChI=1S/C3H3NOS/c5-6-2-1-4-3-6/h1-3H/p+1. The lowest BCUT2D eigenvalue weighted by molar-refractivity contribution is -0.361. The Morgan fingerprint density at radius 3 is 2.67 bits per heavy atom. The van der Waals surface area contributed by atoms with Crippen LogP contribution < -0.4 is 4.99 Å². The predicted octanol–water partition coefficient (Wildman–Crippen LogP) is -1.67. The quantitative estimate of drug-likeness (QED) is 0.389. The average molecular weight is 102 g/mol. The van der Waals surface area contributed by atoms with Crippen LogP contribution in [-0.4, -0.2) is 9.76 Å². The van der Waals surface area contributed by atoms with Crippen molar-refractivity contribution in [1.82, 2.24) is 0 Å². The summed E-state index contributed by atoms with van der Waals surface area (Å²) in [6.07, 6.45) is 1.65. The third-order valence-corrected chi connectivity index (χ3v) is 1.26. The molecular weight excluding hydrogens is 98.1 g/mol. The molecule has 0 saturated heterocycles. The lowest BCUT2D eigenvalue weighted by Gasteiger charge is -1.56. The Morgan fingerprint density at radius 1 is 1.67 bits per heavy atom. The second-order valence-electron chi connectivity index (χ2n) is 0.916. The summed E-state index contributed by atoms with van der Waals surface area (Å²) in [5.41, 5.74) is 1.51. The van der Waals surface area contributed by atoms with E-state index in [9.17, 15) is 4.21 Å². The van der Waals surface area contributed by atoms with E-state index in [2.05, 4.69) is 4.99 Å². The van der Waals surface area contributed by atoms with E-state index in [1.807, 2.05) is 0 Å². The minimum absolute atomic E-state index is 0.840. The first kappa shape index (κ1) is 3.74. The molecule has 32 valence electrons. The van der Waals surface area contributed by atoms with Crippen molar-refractivity contribution in [3.05, 3.63) is 11.6 Å². The first-order valence-corrected chi connectivity index (χ1v) is 2.82. The summed E-state index contributed by atoms with van der Waals surface area (Å²) in [7, 11) is -0.840. The fourth-order valence-electron chi connectivity index (χ4n) is 0.252. The van der Waals surface area contributed by atoms with Gasteiger partial charge >= 0.3 is 0 Å². The number of nitrogens with one attached hydrogen (secondary N) is 1. The van der Waals surface area contributed by atoms with Crippen LogP contribution in [0.5, 0.6) is 0 Å². The van der Waals surface area contributed by atoms with Crippen LogP contribution in [-0.2, 0) is 10.8 Å². The third kappa shape index (κ3) is 0.542. The lowest BCUT2D eigenvalue weighted by atomic mass is 11.1. The highest BCUT2D eigenvalue weighted by Gasteiger charge is 1.95. The van der Waals surface area contributed by atoms with Crippen molar-refractivity contribution in [1.29, 1.82) is 0 Å². The summed E-state index contributed by atoms with van der Waals surface area (Å²) in [6.45, 7) is 0. The molecule has 6 heavy (non-hydrogen) atoms. The Bertz CT molecular complexity index is 113. The normalized spacial score (nSPS) is 29.0. The highest BCUT2D eigenvalue weighted by Crippen LogP contribution is 1.73. The van der Waals surface area contributed by atoms with Crippen molar-refractivity contribution in [2.24, 2.45) is 0 Å². The maximum atomic E-state index is 10.1. The molecule has 1 atom stereocenters. The molecule has 0 saturated carbocycles. The van der Waals surface area contributed by atoms with Gasteiger partial charge in [-0.1, -0.05) is 0 Å². The molecule has 2 nitrogen and oxygen atoms in total. The van der Waals surface area contributed by atoms with Gasteiger partial charge in [-0.3, -0.25) is 0 Å². The van der Waals surface area contributed by atoms with Crippen molar-refractivity contribution in [3.8, 4) is 0 Å². The molecule has 0 fully saturated rings. The highest BCUT2D eigenvalue weighted by molar-refractivity contribution is 8.01. The second-order valence-corrected chi connectivity index (χ2v) is 2.08. The van der Waals surface area contributed by atoms with Crippen LogP contribution in [0.3, 0.4) is 0 Å². The summed E-state index contributed by atoms with van der Waals surface area (Å²) in [5, 5.41) is 1.58. The SMILES string of the molecule is O=S1C=C[NH+]=C1. The molecule has 1 heterocycles. The van der Waals surface area contributed by atoms with E-state index in [1.54, 1.807) is 11.6 Å². The largest absolute Gasteiger partial charge is 0.244 e. The molecule has 1 aliphatic rings. The zero-order valence-corrected chi connectivity index (χ0v) is 3.87. The molecule has 0 radical (unpaired) electrons. The molecule has 1 aliphatic heterocycles. The van der Waals surface area contributed by atoms with Gasteiger partial charge in [-0.05, 0) is 0 Å². The maximum absolute atomic E-state index is 10.1. The molecular formula is C3H4NOS+. The van der Waals surface area contributed by atoms with Gasteiger partial charge < -0.3 is 0 Å². The van der Waals surface area contributed by atoms with Crippen molar-refractivity contribution >= 4 is 16.3 Å². The van der Waals surface area contributed by atoms with E-state index < -0.39 is 10.8 Å². The van der Waals surface area contributed by atoms with Gasteiger partial charge in [0.2, 0.25) is 5.55 Å². The summed E-state index contributed by atoms with van der Waals surface area (Å²) in [5.74, 6) is 0. The lowest BCUT2D eigenvalue weighted by Crippen LogP contribution is -2.58. The number of hydrogen-bond acceptors (Lipinski definition) is 1. The van der Waals surface area contributed by atoms with Crippen LogP contribution in [0.25, 0.3) is 0 Å². The van der Waals surface area contributed by atoms with Gasteiger partial charge in [0.1, 0.15) is 10.8 Å². The molecule has 1 unspecified atom stereocenters. The van der Waals surface area contributed by atoms with E-state index in [4.69, 9.17) is 0 Å². The van der Waals surface area contributed by atoms with Gasteiger partial charge in [0.15, 0.2) is 6.20 Å². The molecule has 0 spiro atoms. The molecule has 0 bridgehead atoms. The van der Waals surface area contributed by atoms with Crippen molar-refractivity contribution in [3.63, 3.8) is 0 Å². The monoisotopic (exact) mass is 102 g/mol. The molecule has 1 rings (SSSR count). The molecule has 3 heteroatoms. The van der Waals surface area contributed by atoms with E-state index in [1.165, 1.54) is 5.55 Å². The predicted molar refractivity (Wildman–Crippen MR) is 24.3 cm³/mol. The molecule has 0 amide bonds. The van der Waals surface area contributed by atoms with E-state index in [0.717, 1.165) is 0 Å². The molecule has 0 aromatic rings. The van der Waals surface area contributed by atoms with E-state index in [0.29, 0.717) is 0 Å². The molecule has 0 aromatic heterocycles. The Balaban J connectivity index is 2.86. The van der Waals surface area contributed by atoms with Gasteiger partial charge in [0.25, 0.3) is 0 Å². The summed E-state index contributed by atoms with van der Waals surface area (Å²) >= 11 is 0. The first-order valence-electron chi connectivity index (χ1n) is 1.55. The smallest absolute Gasteiger partial charge is 0.236 e. The Kier molecular flexibility index (Phi) is 0.837. The van der Waals surface area contributed by atoms with Crippen LogP contribution in [0, 0.1) is 0 Å². The summed E-state index contributed by atoms with van der Waals surface area (Å²) in [6, 6.07) is 0. The molecule has 1 N–H and O–H groups in total. The average Bonchev–Trinajstić information content (AvgIpc) is 1.86. The first-order chi connectivity index (χ1) is 2.89. The van der Waals surface area contributed by atoms with Crippen LogP contribution in [0.2, 0.25) is 0 Å². The Labute approximate surface area is 38.0 Å². The van der Waals surface area contributed by atoms with Crippen molar-refractivity contribution in [2.45, 2.75) is 0 Å². The van der Waals surface area contributed by atoms with Crippen LogP contribution in [0.15, 0.2) is 11.6 Å². The van der Waals surface area contributed by atoms with Gasteiger partial charge in [-0.15, -0.1) is 0 Å². The van der Waals surface area contributed by atoms with Gasteiger partial charge in [0, 0.05) is 0 Å². The fourth-order valence-corrected chi connectivity index (χ4v) is 0.756. The van der Waals surface area contributed by atoms with Crippen molar-refractivity contribution < 1.29 is 9.20 Å². The van der Waals surface area contributed by atoms with E-state index in [-0.39, 0.29) is 0 Å². The maximum Gasteiger partial charge on any atom is 0.236 e. The minimum Gasteiger partial charge on any atom is -0.244 e. The zero-order chi connectivity index (χ0) is 4.41. The van der Waals surface area contributed by atoms with Crippen LogP contribution in [0.1, 0.15) is 0 Å². The Hall–Kier alpha value is -0.440. The highest BCUT2D eigenvalue weighted by atomic mass is 32.2. The van der Waals surface area contributed by atoms with E-state index >= 15 is 0 Å². The second kappa shape index (κ2) is 1.34. The summed E-state index contributed by atoms with van der Waals surface area (Å²) in [4.78, 5) is 2.67. The van der Waals surface area contributed by atoms with Gasteiger partial charge in [-0.25, -0.2) is 9.20 Å². The van der Waals surface area contributed by atoms with Crippen molar-refractivity contribution in [2.75, 3.05) is 0 Å². The van der Waals surface area contributed by atoms with Crippen LogP contribution >= 0.6 is 0 Å². The minimum atomic E-state index is -0.840. The molecule has 0 aliphatic carbocycles. The fraction of sp³-hybridized carbons (Fsp3) is 0. The van der Waals surface area contributed by atoms with Gasteiger partial charge in [-0.2, -0.15) is 0 Å². The number of rotatable bonds is 0. The van der Waals surface area contributed by atoms with Crippen LogP contribution in [0.4, 0.5) is 0 Å². The Morgan fingerprint density at radius 2 is 2.50 bits per heavy atom. The third-order valence-electron chi connectivity index (χ3n) is 0.483. The summed E-state index contributed by atoms with van der Waals surface area (Å²) < 4.78 is 10.1. The topological polar surface area (TPSA) is 31.0 Å². The zero-order valence-electron chi connectivity index (χ0n) is 3.05.